The van der Waals surface area contributed by atoms with Gasteiger partial charge >= 0.3 is 5.97 Å². The standard InChI is InChI=1S/C12H17N3O2S/c1-17-11(16)8-9(13)15-18-10(8)14-6-12(4-5-12)7-2-3-7/h7,14H,2-6H2,1H3,(H2,13,15). The van der Waals surface area contributed by atoms with Crippen LogP contribution < -0.4 is 11.1 Å². The number of esters is 1. The number of ether oxygens (including phenoxy) is 1. The maximum absolute atomic E-state index is 11.6. The van der Waals surface area contributed by atoms with Gasteiger partial charge in [-0.05, 0) is 48.5 Å². The molecule has 0 atom stereocenters. The predicted molar refractivity (Wildman–Crippen MR) is 70.7 cm³/mol. The summed E-state index contributed by atoms with van der Waals surface area (Å²) in [5.41, 5.74) is 6.57. The van der Waals surface area contributed by atoms with Crippen molar-refractivity contribution >= 4 is 28.3 Å². The number of hydrogen-bond acceptors (Lipinski definition) is 6. The Hall–Kier alpha value is -1.30. The highest BCUT2D eigenvalue weighted by Gasteiger charge is 2.53. The fourth-order valence-corrected chi connectivity index (χ4v) is 3.26. The first-order chi connectivity index (χ1) is 8.66. The molecule has 0 aliphatic heterocycles. The van der Waals surface area contributed by atoms with Crippen molar-refractivity contribution < 1.29 is 9.53 Å². The maximum atomic E-state index is 11.6. The second-order valence-corrected chi connectivity index (χ2v) is 6.03. The summed E-state index contributed by atoms with van der Waals surface area (Å²) in [6, 6.07) is 0. The predicted octanol–water partition coefficient (Wildman–Crippen LogP) is 2.11. The molecule has 98 valence electrons. The summed E-state index contributed by atoms with van der Waals surface area (Å²) >= 11 is 1.23. The molecule has 0 saturated heterocycles. The van der Waals surface area contributed by atoms with E-state index in [1.54, 1.807) is 0 Å². The number of nitrogens with two attached hydrogens (primary N) is 1. The lowest BCUT2D eigenvalue weighted by molar-refractivity contribution is 0.0603. The molecule has 5 nitrogen and oxygen atoms in total. The first-order valence-corrected chi connectivity index (χ1v) is 7.01. The summed E-state index contributed by atoms with van der Waals surface area (Å²) in [6.07, 6.45) is 5.31. The number of rotatable bonds is 5. The van der Waals surface area contributed by atoms with Crippen LogP contribution in [0.2, 0.25) is 0 Å². The van der Waals surface area contributed by atoms with Crippen molar-refractivity contribution in [1.29, 1.82) is 0 Å². The zero-order valence-corrected chi connectivity index (χ0v) is 11.2. The number of nitrogens with one attached hydrogen (secondary N) is 1. The van der Waals surface area contributed by atoms with Crippen LogP contribution in [0.5, 0.6) is 0 Å². The van der Waals surface area contributed by atoms with Crippen LogP contribution in [0.25, 0.3) is 0 Å². The molecule has 2 aliphatic rings. The normalized spacial score (nSPS) is 20.5. The molecule has 6 heteroatoms. The topological polar surface area (TPSA) is 77.2 Å². The highest BCUT2D eigenvalue weighted by molar-refractivity contribution is 7.11. The van der Waals surface area contributed by atoms with Crippen LogP contribution >= 0.6 is 11.5 Å². The van der Waals surface area contributed by atoms with Crippen LogP contribution in [-0.2, 0) is 4.74 Å². The maximum Gasteiger partial charge on any atom is 0.344 e. The lowest BCUT2D eigenvalue weighted by Gasteiger charge is -2.15. The molecular weight excluding hydrogens is 250 g/mol. The zero-order valence-electron chi connectivity index (χ0n) is 10.4. The van der Waals surface area contributed by atoms with Crippen molar-refractivity contribution in [2.75, 3.05) is 24.7 Å². The van der Waals surface area contributed by atoms with Gasteiger partial charge in [-0.25, -0.2) is 4.79 Å². The Kier molecular flexibility index (Phi) is 2.69. The van der Waals surface area contributed by atoms with E-state index in [2.05, 4.69) is 9.69 Å². The van der Waals surface area contributed by atoms with Gasteiger partial charge < -0.3 is 15.8 Å². The first-order valence-electron chi connectivity index (χ1n) is 6.23. The average molecular weight is 267 g/mol. The molecule has 0 spiro atoms. The molecule has 18 heavy (non-hydrogen) atoms. The van der Waals surface area contributed by atoms with Gasteiger partial charge in [-0.15, -0.1) is 0 Å². The largest absolute Gasteiger partial charge is 0.465 e. The molecule has 0 bridgehead atoms. The van der Waals surface area contributed by atoms with E-state index in [0.717, 1.165) is 17.5 Å². The van der Waals surface area contributed by atoms with Gasteiger partial charge in [0.1, 0.15) is 10.6 Å². The molecular formula is C12H17N3O2S. The Labute approximate surface area is 110 Å². The van der Waals surface area contributed by atoms with E-state index in [1.807, 2.05) is 0 Å². The first kappa shape index (κ1) is 11.8. The van der Waals surface area contributed by atoms with Gasteiger partial charge in [0.25, 0.3) is 0 Å². The van der Waals surface area contributed by atoms with Gasteiger partial charge in [-0.3, -0.25) is 0 Å². The van der Waals surface area contributed by atoms with E-state index in [4.69, 9.17) is 10.5 Å². The molecule has 1 aromatic heterocycles. The monoisotopic (exact) mass is 267 g/mol. The van der Waals surface area contributed by atoms with E-state index in [9.17, 15) is 4.79 Å². The third-order valence-corrected chi connectivity index (χ3v) is 4.86. The van der Waals surface area contributed by atoms with Crippen LogP contribution in [-0.4, -0.2) is 24.0 Å². The Morgan fingerprint density at radius 2 is 2.33 bits per heavy atom. The molecule has 0 unspecified atom stereocenters. The smallest absolute Gasteiger partial charge is 0.344 e. The minimum absolute atomic E-state index is 0.255. The fourth-order valence-electron chi connectivity index (χ4n) is 2.56. The van der Waals surface area contributed by atoms with Gasteiger partial charge in [0.15, 0.2) is 5.82 Å². The quantitative estimate of drug-likeness (QED) is 0.799. The number of anilines is 2. The van der Waals surface area contributed by atoms with Gasteiger partial charge in [0.05, 0.1) is 7.11 Å². The number of carbonyl (C=O) groups excluding carboxylic acids is 1. The Bertz CT molecular complexity index is 478. The van der Waals surface area contributed by atoms with E-state index < -0.39 is 5.97 Å². The summed E-state index contributed by atoms with van der Waals surface area (Å²) in [5, 5.41) is 4.09. The van der Waals surface area contributed by atoms with Crippen LogP contribution in [0.3, 0.4) is 0 Å². The van der Waals surface area contributed by atoms with E-state index in [1.165, 1.54) is 44.3 Å². The number of hydrogen-bond donors (Lipinski definition) is 2. The highest BCUT2D eigenvalue weighted by atomic mass is 32.1. The number of nitrogen functional groups attached to an aromatic ring is 1. The van der Waals surface area contributed by atoms with E-state index in [0.29, 0.717) is 11.0 Å². The lowest BCUT2D eigenvalue weighted by Crippen LogP contribution is -2.18. The van der Waals surface area contributed by atoms with Crippen molar-refractivity contribution in [1.82, 2.24) is 4.37 Å². The fraction of sp³-hybridized carbons (Fsp3) is 0.667. The number of methoxy groups -OCH3 is 1. The minimum atomic E-state index is -0.417. The van der Waals surface area contributed by atoms with Crippen molar-refractivity contribution in [3.8, 4) is 0 Å². The lowest BCUT2D eigenvalue weighted by atomic mass is 10.0. The summed E-state index contributed by atoms with van der Waals surface area (Å²) in [7, 11) is 1.36. The van der Waals surface area contributed by atoms with E-state index >= 15 is 0 Å². The van der Waals surface area contributed by atoms with Crippen molar-refractivity contribution in [3.05, 3.63) is 5.56 Å². The van der Waals surface area contributed by atoms with Crippen LogP contribution in [0.4, 0.5) is 10.8 Å². The van der Waals surface area contributed by atoms with Gasteiger partial charge in [0, 0.05) is 6.54 Å². The molecule has 0 aromatic carbocycles. The molecule has 2 aliphatic carbocycles. The zero-order chi connectivity index (χ0) is 12.8. The Morgan fingerprint density at radius 3 is 2.89 bits per heavy atom. The van der Waals surface area contributed by atoms with E-state index in [-0.39, 0.29) is 5.82 Å². The second kappa shape index (κ2) is 4.12. The molecule has 1 aromatic rings. The highest BCUT2D eigenvalue weighted by Crippen LogP contribution is 2.61. The molecule has 1 heterocycles. The molecule has 0 radical (unpaired) electrons. The number of nitrogens with zero attached hydrogens (tertiary/aromatic N) is 1. The summed E-state index contributed by atoms with van der Waals surface area (Å²) in [5.74, 6) is 0.725. The third-order valence-electron chi connectivity index (χ3n) is 4.04. The van der Waals surface area contributed by atoms with Crippen molar-refractivity contribution in [3.63, 3.8) is 0 Å². The Morgan fingerprint density at radius 1 is 1.61 bits per heavy atom. The van der Waals surface area contributed by atoms with Crippen LogP contribution in [0.1, 0.15) is 36.0 Å². The summed E-state index contributed by atoms with van der Waals surface area (Å²) in [6.45, 7) is 0.920. The minimum Gasteiger partial charge on any atom is -0.465 e. The third kappa shape index (κ3) is 1.94. The Balaban J connectivity index is 1.71. The van der Waals surface area contributed by atoms with Crippen LogP contribution in [0.15, 0.2) is 0 Å². The summed E-state index contributed by atoms with van der Waals surface area (Å²) < 4.78 is 8.75. The molecule has 3 N–H and O–H groups in total. The van der Waals surface area contributed by atoms with Gasteiger partial charge in [-0.1, -0.05) is 0 Å². The number of carbonyl (C=O) groups is 1. The van der Waals surface area contributed by atoms with Crippen LogP contribution in [0, 0.1) is 11.3 Å². The number of aromatic nitrogens is 1. The van der Waals surface area contributed by atoms with Gasteiger partial charge in [-0.2, -0.15) is 4.37 Å². The SMILES string of the molecule is COC(=O)c1c(N)nsc1NCC1(C2CC2)CC1. The molecule has 0 amide bonds. The molecule has 2 saturated carbocycles. The average Bonchev–Trinajstić information content (AvgIpc) is 3.24. The van der Waals surface area contributed by atoms with Gasteiger partial charge in [0.2, 0.25) is 0 Å². The van der Waals surface area contributed by atoms with Crippen molar-refractivity contribution in [2.24, 2.45) is 11.3 Å². The second-order valence-electron chi connectivity index (χ2n) is 5.25. The molecule has 2 fully saturated rings. The molecule has 3 rings (SSSR count). The summed E-state index contributed by atoms with van der Waals surface area (Å²) in [4.78, 5) is 11.6. The van der Waals surface area contributed by atoms with Crippen molar-refractivity contribution in [2.45, 2.75) is 25.7 Å².